The highest BCUT2D eigenvalue weighted by molar-refractivity contribution is 5.82. The van der Waals surface area contributed by atoms with Crippen LogP contribution in [-0.4, -0.2) is 19.7 Å². The summed E-state index contributed by atoms with van der Waals surface area (Å²) in [7, 11) is 0. The highest BCUT2D eigenvalue weighted by Crippen LogP contribution is 2.18. The van der Waals surface area contributed by atoms with E-state index in [-0.39, 0.29) is 30.7 Å². The van der Waals surface area contributed by atoms with Crippen LogP contribution in [0.1, 0.15) is 17.7 Å². The van der Waals surface area contributed by atoms with Crippen LogP contribution in [0.5, 0.6) is 5.75 Å². The van der Waals surface area contributed by atoms with Crippen molar-refractivity contribution in [3.63, 3.8) is 0 Å². The SMILES string of the molecule is O=C(CCn1c(=O)c2cccn2c2ccc(F)cc21)Cc1ccc(OCc2ccccc2)cn1. The summed E-state index contributed by atoms with van der Waals surface area (Å²) < 4.78 is 22.9. The molecular formula is C27H22FN3O3. The van der Waals surface area contributed by atoms with Gasteiger partial charge in [-0.25, -0.2) is 4.39 Å². The van der Waals surface area contributed by atoms with Gasteiger partial charge in [0, 0.05) is 31.3 Å². The topological polar surface area (TPSA) is 65.6 Å². The molecular weight excluding hydrogens is 433 g/mol. The number of Topliss-reactive ketones (excluding diaryl/α,β-unsaturated/α-hetero) is 1. The summed E-state index contributed by atoms with van der Waals surface area (Å²) >= 11 is 0. The number of hydrogen-bond acceptors (Lipinski definition) is 4. The van der Waals surface area contributed by atoms with E-state index in [4.69, 9.17) is 4.74 Å². The fourth-order valence-corrected chi connectivity index (χ4v) is 4.02. The lowest BCUT2D eigenvalue weighted by Crippen LogP contribution is -2.24. The Morgan fingerprint density at radius 2 is 1.79 bits per heavy atom. The first kappa shape index (κ1) is 21.6. The molecule has 3 heterocycles. The van der Waals surface area contributed by atoms with Crippen LogP contribution in [0.2, 0.25) is 0 Å². The largest absolute Gasteiger partial charge is 0.487 e. The van der Waals surface area contributed by atoms with Crippen molar-refractivity contribution in [1.29, 1.82) is 0 Å². The predicted molar refractivity (Wildman–Crippen MR) is 127 cm³/mol. The van der Waals surface area contributed by atoms with E-state index in [1.54, 1.807) is 47.1 Å². The number of carbonyl (C=O) groups is 1. The Hall–Kier alpha value is -4.26. The minimum atomic E-state index is -0.433. The van der Waals surface area contributed by atoms with Gasteiger partial charge in [-0.3, -0.25) is 14.6 Å². The van der Waals surface area contributed by atoms with Crippen LogP contribution in [0.4, 0.5) is 4.39 Å². The molecule has 0 aliphatic rings. The summed E-state index contributed by atoms with van der Waals surface area (Å²) in [5.41, 5.74) is 3.08. The van der Waals surface area contributed by atoms with Crippen molar-refractivity contribution in [2.45, 2.75) is 26.0 Å². The Bertz CT molecular complexity index is 1520. The molecule has 5 rings (SSSR count). The molecule has 0 radical (unpaired) electrons. The second kappa shape index (κ2) is 9.31. The summed E-state index contributed by atoms with van der Waals surface area (Å²) in [5.74, 6) is 0.134. The number of halogens is 1. The average Bonchev–Trinajstić information content (AvgIpc) is 3.35. The van der Waals surface area contributed by atoms with E-state index in [9.17, 15) is 14.0 Å². The molecule has 0 aliphatic carbocycles. The number of nitrogens with zero attached hydrogens (tertiary/aromatic N) is 3. The number of aryl methyl sites for hydroxylation is 1. The second-order valence-electron chi connectivity index (χ2n) is 8.08. The van der Waals surface area contributed by atoms with Crippen LogP contribution in [-0.2, 0) is 24.4 Å². The maximum absolute atomic E-state index is 13.9. The smallest absolute Gasteiger partial charge is 0.275 e. The quantitative estimate of drug-likeness (QED) is 0.344. The fourth-order valence-electron chi connectivity index (χ4n) is 4.02. The summed E-state index contributed by atoms with van der Waals surface area (Å²) in [6.45, 7) is 0.605. The Morgan fingerprint density at radius 3 is 2.59 bits per heavy atom. The van der Waals surface area contributed by atoms with Crippen molar-refractivity contribution in [3.05, 3.63) is 113 Å². The number of aromatic nitrogens is 3. The van der Waals surface area contributed by atoms with Crippen molar-refractivity contribution in [3.8, 4) is 5.75 Å². The molecule has 0 unspecified atom stereocenters. The van der Waals surface area contributed by atoms with Gasteiger partial charge in [0.2, 0.25) is 0 Å². The van der Waals surface area contributed by atoms with Gasteiger partial charge in [-0.15, -0.1) is 0 Å². The van der Waals surface area contributed by atoms with Crippen molar-refractivity contribution >= 4 is 22.3 Å². The summed E-state index contributed by atoms with van der Waals surface area (Å²) in [6.07, 6.45) is 3.65. The molecule has 0 aliphatic heterocycles. The molecule has 2 aromatic carbocycles. The van der Waals surface area contributed by atoms with Crippen LogP contribution in [0.15, 0.2) is 90.0 Å². The molecule has 0 saturated heterocycles. The van der Waals surface area contributed by atoms with E-state index in [1.807, 2.05) is 30.3 Å². The van der Waals surface area contributed by atoms with Gasteiger partial charge in [0.25, 0.3) is 5.56 Å². The van der Waals surface area contributed by atoms with Crippen LogP contribution < -0.4 is 10.3 Å². The first-order chi connectivity index (χ1) is 16.6. The van der Waals surface area contributed by atoms with Crippen molar-refractivity contribution in [2.24, 2.45) is 0 Å². The third-order valence-electron chi connectivity index (χ3n) is 5.74. The highest BCUT2D eigenvalue weighted by atomic mass is 19.1. The highest BCUT2D eigenvalue weighted by Gasteiger charge is 2.13. The number of fused-ring (bicyclic) bond motifs is 3. The molecule has 0 amide bonds. The molecule has 0 fully saturated rings. The Morgan fingerprint density at radius 1 is 0.941 bits per heavy atom. The van der Waals surface area contributed by atoms with E-state index >= 15 is 0 Å². The van der Waals surface area contributed by atoms with Crippen molar-refractivity contribution in [2.75, 3.05) is 0 Å². The number of pyridine rings is 1. The summed E-state index contributed by atoms with van der Waals surface area (Å²) in [5, 5.41) is 0. The molecule has 3 aromatic heterocycles. The number of ether oxygens (including phenoxy) is 1. The van der Waals surface area contributed by atoms with E-state index in [0.717, 1.165) is 5.56 Å². The summed E-state index contributed by atoms with van der Waals surface area (Å²) in [4.78, 5) is 29.9. The number of rotatable bonds is 8. The maximum Gasteiger partial charge on any atom is 0.275 e. The van der Waals surface area contributed by atoms with Gasteiger partial charge < -0.3 is 13.7 Å². The minimum absolute atomic E-state index is 0.0582. The maximum atomic E-state index is 13.9. The molecule has 170 valence electrons. The number of benzene rings is 2. The van der Waals surface area contributed by atoms with Crippen molar-refractivity contribution in [1.82, 2.24) is 14.0 Å². The Balaban J connectivity index is 1.26. The minimum Gasteiger partial charge on any atom is -0.487 e. The van der Waals surface area contributed by atoms with Crippen LogP contribution >= 0.6 is 0 Å². The van der Waals surface area contributed by atoms with E-state index in [1.165, 1.54) is 16.7 Å². The van der Waals surface area contributed by atoms with Crippen molar-refractivity contribution < 1.29 is 13.9 Å². The van der Waals surface area contributed by atoms with Gasteiger partial charge in [0.15, 0.2) is 0 Å². The molecule has 6 nitrogen and oxygen atoms in total. The van der Waals surface area contributed by atoms with Gasteiger partial charge in [0.1, 0.15) is 29.5 Å². The Kier molecular flexibility index (Phi) is 5.91. The second-order valence-corrected chi connectivity index (χ2v) is 8.08. The fraction of sp³-hybridized carbons (Fsp3) is 0.148. The first-order valence-corrected chi connectivity index (χ1v) is 11.0. The number of carbonyl (C=O) groups excluding carboxylic acids is 1. The first-order valence-electron chi connectivity index (χ1n) is 11.0. The Labute approximate surface area is 194 Å². The van der Waals surface area contributed by atoms with Gasteiger partial charge in [0.05, 0.1) is 17.2 Å². The lowest BCUT2D eigenvalue weighted by molar-refractivity contribution is -0.118. The number of hydrogen-bond donors (Lipinski definition) is 0. The monoisotopic (exact) mass is 455 g/mol. The van der Waals surface area contributed by atoms with Gasteiger partial charge in [-0.1, -0.05) is 30.3 Å². The van der Waals surface area contributed by atoms with E-state index in [2.05, 4.69) is 4.98 Å². The van der Waals surface area contributed by atoms with Gasteiger partial charge >= 0.3 is 0 Å². The van der Waals surface area contributed by atoms with Crippen LogP contribution in [0.3, 0.4) is 0 Å². The predicted octanol–water partition coefficient (Wildman–Crippen LogP) is 4.57. The zero-order valence-electron chi connectivity index (χ0n) is 18.4. The zero-order valence-corrected chi connectivity index (χ0v) is 18.4. The molecule has 7 heteroatoms. The molecule has 5 aromatic rings. The molecule has 0 bridgehead atoms. The van der Waals surface area contributed by atoms with Crippen LogP contribution in [0, 0.1) is 5.82 Å². The molecule has 34 heavy (non-hydrogen) atoms. The lowest BCUT2D eigenvalue weighted by Gasteiger charge is -2.12. The molecule has 0 spiro atoms. The third-order valence-corrected chi connectivity index (χ3v) is 5.74. The normalized spacial score (nSPS) is 11.2. The van der Waals surface area contributed by atoms with E-state index in [0.29, 0.717) is 34.6 Å². The van der Waals surface area contributed by atoms with Gasteiger partial charge in [-0.2, -0.15) is 0 Å². The summed E-state index contributed by atoms with van der Waals surface area (Å²) in [6, 6.07) is 21.2. The standard InChI is InChI=1S/C27H22FN3O3/c28-20-8-11-24-26(15-20)31(27(33)25-7-4-13-30(24)25)14-12-22(32)16-21-9-10-23(17-29-21)34-18-19-5-2-1-3-6-19/h1-11,13,15,17H,12,14,16,18H2. The van der Waals surface area contributed by atoms with Crippen LogP contribution in [0.25, 0.3) is 16.6 Å². The molecule has 0 atom stereocenters. The van der Waals surface area contributed by atoms with E-state index < -0.39 is 5.82 Å². The molecule has 0 N–H and O–H groups in total. The lowest BCUT2D eigenvalue weighted by atomic mass is 10.1. The number of ketones is 1. The third kappa shape index (κ3) is 4.45. The zero-order chi connectivity index (χ0) is 23.5. The molecule has 0 saturated carbocycles. The van der Waals surface area contributed by atoms with Gasteiger partial charge in [-0.05, 0) is 48.0 Å². The average molecular weight is 455 g/mol.